The highest BCUT2D eigenvalue weighted by Crippen LogP contribution is 2.31. The number of rotatable bonds is 3. The van der Waals surface area contributed by atoms with E-state index in [2.05, 4.69) is 28.8 Å². The third-order valence-corrected chi connectivity index (χ3v) is 6.01. The summed E-state index contributed by atoms with van der Waals surface area (Å²) < 4.78 is 21.8. The molecular weight excluding hydrogens is 415 g/mol. The molecule has 0 unspecified atom stereocenters. The zero-order valence-electron chi connectivity index (χ0n) is 18.2. The van der Waals surface area contributed by atoms with E-state index in [0.29, 0.717) is 36.1 Å². The molecule has 2 aromatic carbocycles. The van der Waals surface area contributed by atoms with Crippen molar-refractivity contribution in [2.24, 2.45) is 0 Å². The highest BCUT2D eigenvalue weighted by atomic mass is 35.5. The molecule has 0 saturated carbocycles. The summed E-state index contributed by atoms with van der Waals surface area (Å²) in [5.41, 5.74) is 2.47. The van der Waals surface area contributed by atoms with Crippen molar-refractivity contribution < 1.29 is 13.9 Å². The second-order valence-electron chi connectivity index (χ2n) is 9.24. The Labute approximate surface area is 187 Å². The molecule has 1 saturated heterocycles. The van der Waals surface area contributed by atoms with E-state index >= 15 is 0 Å². The molecule has 1 aromatic heterocycles. The van der Waals surface area contributed by atoms with Gasteiger partial charge in [0.15, 0.2) is 0 Å². The van der Waals surface area contributed by atoms with Gasteiger partial charge in [0.2, 0.25) is 0 Å². The van der Waals surface area contributed by atoms with Gasteiger partial charge >= 0.3 is 6.09 Å². The van der Waals surface area contributed by atoms with Crippen molar-refractivity contribution in [3.05, 3.63) is 70.6 Å². The molecule has 0 bridgehead atoms. The molecule has 6 heteroatoms. The predicted molar refractivity (Wildman–Crippen MR) is 122 cm³/mol. The van der Waals surface area contributed by atoms with Gasteiger partial charge in [0, 0.05) is 35.4 Å². The number of carbonyl (C=O) groups excluding carboxylic acids is 1. The van der Waals surface area contributed by atoms with Crippen LogP contribution in [-0.4, -0.2) is 34.3 Å². The van der Waals surface area contributed by atoms with Crippen LogP contribution in [0.15, 0.2) is 48.7 Å². The van der Waals surface area contributed by atoms with Gasteiger partial charge in [0.05, 0.1) is 6.54 Å². The number of carbonyl (C=O) groups is 1. The number of hydrogen-bond donors (Lipinski definition) is 0. The fraction of sp³-hybridized carbons (Fsp3) is 0.400. The van der Waals surface area contributed by atoms with Gasteiger partial charge in [-0.25, -0.2) is 9.18 Å². The van der Waals surface area contributed by atoms with Gasteiger partial charge in [-0.1, -0.05) is 29.8 Å². The first-order valence-electron chi connectivity index (χ1n) is 10.7. The third-order valence-electron chi connectivity index (χ3n) is 5.77. The van der Waals surface area contributed by atoms with E-state index in [4.69, 9.17) is 16.3 Å². The molecule has 0 atom stereocenters. The highest BCUT2D eigenvalue weighted by molar-refractivity contribution is 6.30. The maximum absolute atomic E-state index is 14.3. The summed E-state index contributed by atoms with van der Waals surface area (Å²) in [6, 6.07) is 13.4. The van der Waals surface area contributed by atoms with Gasteiger partial charge in [0.1, 0.15) is 11.4 Å². The number of ether oxygens (including phenoxy) is 1. The molecule has 1 amide bonds. The number of likely N-dealkylation sites (tertiary alicyclic amines) is 1. The molecule has 0 radical (unpaired) electrons. The van der Waals surface area contributed by atoms with Crippen LogP contribution >= 0.6 is 11.6 Å². The topological polar surface area (TPSA) is 34.5 Å². The van der Waals surface area contributed by atoms with Crippen LogP contribution in [0.1, 0.15) is 50.7 Å². The number of aromatic nitrogens is 1. The van der Waals surface area contributed by atoms with Gasteiger partial charge < -0.3 is 14.2 Å². The quantitative estimate of drug-likeness (QED) is 0.458. The molecule has 164 valence electrons. The summed E-state index contributed by atoms with van der Waals surface area (Å²) >= 11 is 5.88. The van der Waals surface area contributed by atoms with Crippen LogP contribution in [0.5, 0.6) is 0 Å². The lowest BCUT2D eigenvalue weighted by Crippen LogP contribution is -2.41. The smallest absolute Gasteiger partial charge is 0.410 e. The van der Waals surface area contributed by atoms with E-state index in [1.807, 2.05) is 27.0 Å². The van der Waals surface area contributed by atoms with Crippen molar-refractivity contribution in [1.29, 1.82) is 0 Å². The van der Waals surface area contributed by atoms with E-state index in [-0.39, 0.29) is 11.9 Å². The zero-order chi connectivity index (χ0) is 22.2. The van der Waals surface area contributed by atoms with Crippen LogP contribution in [0, 0.1) is 5.82 Å². The largest absolute Gasteiger partial charge is 0.444 e. The number of amides is 1. The number of fused-ring (bicyclic) bond motifs is 1. The molecular formula is C25H28ClFN2O2. The Morgan fingerprint density at radius 1 is 1.13 bits per heavy atom. The first kappa shape index (κ1) is 21.7. The standard InChI is InChI=1S/C25H28ClFN2O2/c1-25(2,3)31-24(30)28-11-8-17(9-12-28)19-5-4-18-10-13-29(23(18)14-19)16-20-6-7-21(26)15-22(20)27/h4-7,10,13-15,17H,8-9,11-12,16H2,1-3H3. The maximum atomic E-state index is 14.3. The number of nitrogens with zero attached hydrogens (tertiary/aromatic N) is 2. The Hall–Kier alpha value is -2.53. The van der Waals surface area contributed by atoms with Crippen LogP contribution in [-0.2, 0) is 11.3 Å². The molecule has 0 spiro atoms. The molecule has 2 heterocycles. The fourth-order valence-corrected chi connectivity index (χ4v) is 4.31. The van der Waals surface area contributed by atoms with Gasteiger partial charge in [-0.3, -0.25) is 0 Å². The van der Waals surface area contributed by atoms with Gasteiger partial charge in [-0.2, -0.15) is 0 Å². The van der Waals surface area contributed by atoms with Gasteiger partial charge in [-0.15, -0.1) is 0 Å². The Kier molecular flexibility index (Phi) is 5.98. The third kappa shape index (κ3) is 5.04. The molecule has 0 aliphatic carbocycles. The van der Waals surface area contributed by atoms with E-state index in [9.17, 15) is 9.18 Å². The maximum Gasteiger partial charge on any atom is 0.410 e. The summed E-state index contributed by atoms with van der Waals surface area (Å²) in [7, 11) is 0. The van der Waals surface area contributed by atoms with Crippen molar-refractivity contribution >= 4 is 28.6 Å². The minimum atomic E-state index is -0.478. The summed E-state index contributed by atoms with van der Waals surface area (Å²) in [6.45, 7) is 7.49. The van der Waals surface area contributed by atoms with Crippen LogP contribution in [0.3, 0.4) is 0 Å². The van der Waals surface area contributed by atoms with Crippen LogP contribution < -0.4 is 0 Å². The second kappa shape index (κ2) is 8.54. The van der Waals surface area contributed by atoms with Gasteiger partial charge in [-0.05, 0) is 74.7 Å². The average molecular weight is 443 g/mol. The van der Waals surface area contributed by atoms with E-state index in [1.54, 1.807) is 17.0 Å². The van der Waals surface area contributed by atoms with Crippen molar-refractivity contribution in [3.63, 3.8) is 0 Å². The minimum Gasteiger partial charge on any atom is -0.444 e. The number of benzene rings is 2. The lowest BCUT2D eigenvalue weighted by Gasteiger charge is -2.33. The molecule has 0 N–H and O–H groups in total. The normalized spacial score (nSPS) is 15.5. The Morgan fingerprint density at radius 2 is 1.87 bits per heavy atom. The van der Waals surface area contributed by atoms with Crippen molar-refractivity contribution in [3.8, 4) is 0 Å². The fourth-order valence-electron chi connectivity index (χ4n) is 4.15. The van der Waals surface area contributed by atoms with Crippen molar-refractivity contribution in [2.75, 3.05) is 13.1 Å². The van der Waals surface area contributed by atoms with Crippen molar-refractivity contribution in [1.82, 2.24) is 9.47 Å². The second-order valence-corrected chi connectivity index (χ2v) is 9.68. The van der Waals surface area contributed by atoms with Gasteiger partial charge in [0.25, 0.3) is 0 Å². The summed E-state index contributed by atoms with van der Waals surface area (Å²) in [5, 5.41) is 1.53. The molecule has 4 nitrogen and oxygen atoms in total. The van der Waals surface area contributed by atoms with Crippen LogP contribution in [0.2, 0.25) is 5.02 Å². The molecule has 1 fully saturated rings. The Balaban J connectivity index is 1.48. The monoisotopic (exact) mass is 442 g/mol. The van der Waals surface area contributed by atoms with Crippen molar-refractivity contribution in [2.45, 2.75) is 51.7 Å². The minimum absolute atomic E-state index is 0.236. The Bertz CT molecular complexity index is 1090. The van der Waals surface area contributed by atoms with E-state index < -0.39 is 5.60 Å². The lowest BCUT2D eigenvalue weighted by atomic mass is 9.89. The lowest BCUT2D eigenvalue weighted by molar-refractivity contribution is 0.0205. The summed E-state index contributed by atoms with van der Waals surface area (Å²) in [5.74, 6) is 0.0960. The van der Waals surface area contributed by atoms with Crippen LogP contribution in [0.25, 0.3) is 10.9 Å². The Morgan fingerprint density at radius 3 is 2.55 bits per heavy atom. The highest BCUT2D eigenvalue weighted by Gasteiger charge is 2.27. The zero-order valence-corrected chi connectivity index (χ0v) is 19.0. The predicted octanol–water partition coefficient (Wildman–Crippen LogP) is 6.60. The molecule has 1 aliphatic heterocycles. The van der Waals surface area contributed by atoms with E-state index in [0.717, 1.165) is 23.7 Å². The van der Waals surface area contributed by atoms with Crippen LogP contribution in [0.4, 0.5) is 9.18 Å². The number of hydrogen-bond acceptors (Lipinski definition) is 2. The number of piperidine rings is 1. The summed E-state index contributed by atoms with van der Waals surface area (Å²) in [6.07, 6.45) is 3.56. The number of halogens is 2. The molecule has 31 heavy (non-hydrogen) atoms. The first-order chi connectivity index (χ1) is 14.7. The molecule has 1 aliphatic rings. The molecule has 4 rings (SSSR count). The summed E-state index contributed by atoms with van der Waals surface area (Å²) in [4.78, 5) is 14.1. The SMILES string of the molecule is CC(C)(C)OC(=O)N1CCC(c2ccc3ccn(Cc4ccc(Cl)cc4F)c3c2)CC1. The average Bonchev–Trinajstić information content (AvgIpc) is 3.11. The molecule has 3 aromatic rings. The first-order valence-corrected chi connectivity index (χ1v) is 11.1. The van der Waals surface area contributed by atoms with E-state index in [1.165, 1.54) is 11.6 Å².